The Kier molecular flexibility index (Phi) is 3.98. The molecule has 1 atom stereocenters. The first-order valence-corrected chi connectivity index (χ1v) is 5.78. The van der Waals surface area contributed by atoms with Crippen LogP contribution in [0.2, 0.25) is 0 Å². The monoisotopic (exact) mass is 236 g/mol. The Labute approximate surface area is 100 Å². The van der Waals surface area contributed by atoms with E-state index in [0.717, 1.165) is 25.0 Å². The molecule has 0 aliphatic carbocycles. The Hall–Kier alpha value is -1.55. The third-order valence-corrected chi connectivity index (χ3v) is 2.87. The highest BCUT2D eigenvalue weighted by molar-refractivity contribution is 5.68. The van der Waals surface area contributed by atoms with Gasteiger partial charge in [-0.15, -0.1) is 0 Å². The van der Waals surface area contributed by atoms with Crippen molar-refractivity contribution < 1.29 is 19.4 Å². The number of para-hydroxylation sites is 1. The Morgan fingerprint density at radius 3 is 3.00 bits per heavy atom. The zero-order valence-electron chi connectivity index (χ0n) is 9.59. The lowest BCUT2D eigenvalue weighted by Gasteiger charge is -2.24. The van der Waals surface area contributed by atoms with Crippen LogP contribution in [0.5, 0.6) is 5.75 Å². The maximum Gasteiger partial charge on any atom is 0.341 e. The summed E-state index contributed by atoms with van der Waals surface area (Å²) in [6.07, 6.45) is 2.10. The molecule has 0 bridgehead atoms. The van der Waals surface area contributed by atoms with Gasteiger partial charge in [0.25, 0.3) is 0 Å². The molecule has 2 rings (SSSR count). The minimum atomic E-state index is -0.959. The Bertz CT molecular complexity index is 383. The summed E-state index contributed by atoms with van der Waals surface area (Å²) in [5.74, 6) is 0.0128. The van der Waals surface area contributed by atoms with E-state index in [9.17, 15) is 4.79 Å². The summed E-state index contributed by atoms with van der Waals surface area (Å²) in [6, 6.07) is 7.59. The molecule has 1 aliphatic rings. The molecule has 1 heterocycles. The van der Waals surface area contributed by atoms with E-state index in [1.54, 1.807) is 0 Å². The summed E-state index contributed by atoms with van der Waals surface area (Å²) in [5, 5.41) is 8.63. The van der Waals surface area contributed by atoms with Crippen LogP contribution in [0.15, 0.2) is 24.3 Å². The molecule has 0 radical (unpaired) electrons. The number of aliphatic carboxylic acids is 1. The Morgan fingerprint density at radius 2 is 2.29 bits per heavy atom. The highest BCUT2D eigenvalue weighted by Crippen LogP contribution is 2.32. The van der Waals surface area contributed by atoms with Crippen LogP contribution in [0, 0.1) is 0 Å². The zero-order valence-corrected chi connectivity index (χ0v) is 9.59. The van der Waals surface area contributed by atoms with Crippen molar-refractivity contribution in [3.05, 3.63) is 29.8 Å². The van der Waals surface area contributed by atoms with Gasteiger partial charge in [0.1, 0.15) is 5.75 Å². The van der Waals surface area contributed by atoms with Gasteiger partial charge in [-0.3, -0.25) is 0 Å². The van der Waals surface area contributed by atoms with E-state index < -0.39 is 5.97 Å². The van der Waals surface area contributed by atoms with Gasteiger partial charge in [0.15, 0.2) is 6.61 Å². The lowest BCUT2D eigenvalue weighted by Crippen LogP contribution is -2.17. The number of rotatable bonds is 4. The summed E-state index contributed by atoms with van der Waals surface area (Å²) in [4.78, 5) is 10.5. The summed E-state index contributed by atoms with van der Waals surface area (Å²) >= 11 is 0. The molecule has 1 fully saturated rings. The minimum Gasteiger partial charge on any atom is -0.482 e. The standard InChI is InChI=1S/C13H16O4/c14-13(15)9-17-12-6-2-1-5-11(12)10-4-3-7-16-8-10/h1-2,5-6,10H,3-4,7-9H2,(H,14,15). The van der Waals surface area contributed by atoms with E-state index in [1.165, 1.54) is 0 Å². The van der Waals surface area contributed by atoms with E-state index >= 15 is 0 Å². The number of benzene rings is 1. The van der Waals surface area contributed by atoms with Crippen LogP contribution in [0.3, 0.4) is 0 Å². The van der Waals surface area contributed by atoms with Crippen LogP contribution in [0.4, 0.5) is 0 Å². The zero-order chi connectivity index (χ0) is 12.1. The second kappa shape index (κ2) is 5.68. The van der Waals surface area contributed by atoms with Crippen molar-refractivity contribution in [3.8, 4) is 5.75 Å². The Morgan fingerprint density at radius 1 is 1.47 bits per heavy atom. The number of carbonyl (C=O) groups is 1. The lowest BCUT2D eigenvalue weighted by molar-refractivity contribution is -0.139. The molecule has 17 heavy (non-hydrogen) atoms. The van der Waals surface area contributed by atoms with Gasteiger partial charge in [-0.05, 0) is 24.5 Å². The number of carboxylic acid groups (broad SMARTS) is 1. The van der Waals surface area contributed by atoms with Crippen molar-refractivity contribution in [2.75, 3.05) is 19.8 Å². The third-order valence-electron chi connectivity index (χ3n) is 2.87. The lowest BCUT2D eigenvalue weighted by atomic mass is 9.93. The number of carboxylic acids is 1. The van der Waals surface area contributed by atoms with Crippen molar-refractivity contribution >= 4 is 5.97 Å². The van der Waals surface area contributed by atoms with E-state index in [-0.39, 0.29) is 6.61 Å². The topological polar surface area (TPSA) is 55.8 Å². The molecule has 1 aromatic rings. The minimum absolute atomic E-state index is 0.301. The van der Waals surface area contributed by atoms with Gasteiger partial charge in [-0.2, -0.15) is 0 Å². The molecule has 0 amide bonds. The molecule has 1 aromatic carbocycles. The van der Waals surface area contributed by atoms with Gasteiger partial charge in [0.2, 0.25) is 0 Å². The molecule has 1 N–H and O–H groups in total. The van der Waals surface area contributed by atoms with Crippen LogP contribution in [0.1, 0.15) is 24.3 Å². The van der Waals surface area contributed by atoms with Gasteiger partial charge >= 0.3 is 5.97 Å². The highest BCUT2D eigenvalue weighted by atomic mass is 16.5. The third kappa shape index (κ3) is 3.20. The SMILES string of the molecule is O=C(O)COc1ccccc1C1CCCOC1. The molecule has 92 valence electrons. The van der Waals surface area contributed by atoms with Crippen LogP contribution < -0.4 is 4.74 Å². The first-order chi connectivity index (χ1) is 8.27. The molecule has 0 saturated carbocycles. The predicted octanol–water partition coefficient (Wildman–Crippen LogP) is 2.04. The number of ether oxygens (including phenoxy) is 2. The van der Waals surface area contributed by atoms with Crippen LogP contribution in [-0.4, -0.2) is 30.9 Å². The average Bonchev–Trinajstić information content (AvgIpc) is 2.38. The van der Waals surface area contributed by atoms with Crippen LogP contribution >= 0.6 is 0 Å². The van der Waals surface area contributed by atoms with Gasteiger partial charge in [0, 0.05) is 12.5 Å². The summed E-state index contributed by atoms with van der Waals surface area (Å²) in [5.41, 5.74) is 1.05. The maximum atomic E-state index is 10.5. The maximum absolute atomic E-state index is 10.5. The van der Waals surface area contributed by atoms with Crippen LogP contribution in [0.25, 0.3) is 0 Å². The normalized spacial score (nSPS) is 19.9. The Balaban J connectivity index is 2.11. The van der Waals surface area contributed by atoms with E-state index in [0.29, 0.717) is 18.3 Å². The van der Waals surface area contributed by atoms with Crippen molar-refractivity contribution in [3.63, 3.8) is 0 Å². The van der Waals surface area contributed by atoms with Crippen molar-refractivity contribution in [2.24, 2.45) is 0 Å². The molecule has 1 saturated heterocycles. The van der Waals surface area contributed by atoms with Crippen molar-refractivity contribution in [2.45, 2.75) is 18.8 Å². The molecule has 0 aromatic heterocycles. The van der Waals surface area contributed by atoms with Crippen LogP contribution in [-0.2, 0) is 9.53 Å². The first-order valence-electron chi connectivity index (χ1n) is 5.78. The largest absolute Gasteiger partial charge is 0.482 e. The smallest absolute Gasteiger partial charge is 0.341 e. The van der Waals surface area contributed by atoms with Gasteiger partial charge in [0.05, 0.1) is 6.61 Å². The molecule has 4 nitrogen and oxygen atoms in total. The first kappa shape index (κ1) is 11.9. The fraction of sp³-hybridized carbons (Fsp3) is 0.462. The molecule has 4 heteroatoms. The summed E-state index contributed by atoms with van der Waals surface area (Å²) in [6.45, 7) is 1.20. The molecule has 0 spiro atoms. The fourth-order valence-corrected chi connectivity index (χ4v) is 2.07. The highest BCUT2D eigenvalue weighted by Gasteiger charge is 2.19. The predicted molar refractivity (Wildman–Crippen MR) is 62.4 cm³/mol. The van der Waals surface area contributed by atoms with Gasteiger partial charge < -0.3 is 14.6 Å². The van der Waals surface area contributed by atoms with Crippen molar-refractivity contribution in [1.29, 1.82) is 0 Å². The molecule has 1 aliphatic heterocycles. The summed E-state index contributed by atoms with van der Waals surface area (Å²) in [7, 11) is 0. The molecular weight excluding hydrogens is 220 g/mol. The quantitative estimate of drug-likeness (QED) is 0.869. The summed E-state index contributed by atoms with van der Waals surface area (Å²) < 4.78 is 10.7. The van der Waals surface area contributed by atoms with E-state index in [2.05, 4.69) is 0 Å². The second-order valence-corrected chi connectivity index (χ2v) is 4.13. The fourth-order valence-electron chi connectivity index (χ4n) is 2.07. The molecule has 1 unspecified atom stereocenters. The second-order valence-electron chi connectivity index (χ2n) is 4.13. The van der Waals surface area contributed by atoms with E-state index in [1.807, 2.05) is 24.3 Å². The van der Waals surface area contributed by atoms with E-state index in [4.69, 9.17) is 14.6 Å². The number of hydrogen-bond donors (Lipinski definition) is 1. The number of hydrogen-bond acceptors (Lipinski definition) is 3. The van der Waals surface area contributed by atoms with Crippen molar-refractivity contribution in [1.82, 2.24) is 0 Å². The van der Waals surface area contributed by atoms with Gasteiger partial charge in [-0.1, -0.05) is 18.2 Å². The molecular formula is C13H16O4. The average molecular weight is 236 g/mol. The van der Waals surface area contributed by atoms with Gasteiger partial charge in [-0.25, -0.2) is 4.79 Å².